The van der Waals surface area contributed by atoms with Crippen LogP contribution in [-0.2, 0) is 14.6 Å². The van der Waals surface area contributed by atoms with Gasteiger partial charge in [0.05, 0.1) is 28.2 Å². The maximum atomic E-state index is 12.9. The first kappa shape index (κ1) is 17.4. The Hall–Kier alpha value is -1.99. The van der Waals surface area contributed by atoms with Gasteiger partial charge in [-0.05, 0) is 38.3 Å². The molecule has 0 unspecified atom stereocenters. The van der Waals surface area contributed by atoms with Crippen molar-refractivity contribution in [3.8, 4) is 0 Å². The predicted molar refractivity (Wildman–Crippen MR) is 98.9 cm³/mol. The number of aromatic nitrogens is 1. The molecule has 1 aromatic carbocycles. The summed E-state index contributed by atoms with van der Waals surface area (Å²) in [6, 6.07) is 9.30. The van der Waals surface area contributed by atoms with E-state index in [0.717, 1.165) is 16.6 Å². The molecule has 3 heterocycles. The summed E-state index contributed by atoms with van der Waals surface area (Å²) in [4.78, 5) is 17.4. The molecule has 2 saturated heterocycles. The number of carbonyl (C=O) groups excluding carboxylic acids is 1. The summed E-state index contributed by atoms with van der Waals surface area (Å²) in [6.07, 6.45) is 1.74. The van der Waals surface area contributed by atoms with Crippen LogP contribution in [-0.4, -0.2) is 49.1 Å². The number of hydrogen-bond acceptors (Lipinski definition) is 5. The van der Waals surface area contributed by atoms with Gasteiger partial charge in [-0.3, -0.25) is 9.78 Å². The van der Waals surface area contributed by atoms with Crippen molar-refractivity contribution in [3.05, 3.63) is 41.6 Å². The molecule has 6 nitrogen and oxygen atoms in total. The van der Waals surface area contributed by atoms with Crippen LogP contribution in [0.25, 0.3) is 10.9 Å². The molecule has 1 aromatic heterocycles. The number of rotatable bonds is 2. The number of pyridine rings is 1. The largest absolute Gasteiger partial charge is 0.374 e. The Kier molecular flexibility index (Phi) is 4.23. The smallest absolute Gasteiger partial charge is 0.252 e. The van der Waals surface area contributed by atoms with Gasteiger partial charge in [0.15, 0.2) is 9.84 Å². The zero-order chi connectivity index (χ0) is 18.4. The Labute approximate surface area is 152 Å². The fourth-order valence-corrected chi connectivity index (χ4v) is 6.05. The van der Waals surface area contributed by atoms with E-state index in [2.05, 4.69) is 10.3 Å². The SMILES string of the molecule is Cc1cc(C(=O)N[C@@H]2CCO[C@@]3(CCS(=O)(=O)C3)C2)c2ccccc2n1. The summed E-state index contributed by atoms with van der Waals surface area (Å²) >= 11 is 0. The van der Waals surface area contributed by atoms with Crippen molar-refractivity contribution in [2.24, 2.45) is 0 Å². The minimum atomic E-state index is -3.04. The molecular weight excluding hydrogens is 352 g/mol. The van der Waals surface area contributed by atoms with E-state index < -0.39 is 15.4 Å². The standard InChI is InChI=1S/C19H22N2O4S/c1-13-10-16(15-4-2-3-5-17(15)20-13)18(22)21-14-6-8-25-19(11-14)7-9-26(23,24)12-19/h2-5,10,14H,6-9,11-12H2,1H3,(H,21,22)/t14-,19+/m1/s1. The summed E-state index contributed by atoms with van der Waals surface area (Å²) in [7, 11) is -3.04. The minimum Gasteiger partial charge on any atom is -0.374 e. The second kappa shape index (κ2) is 6.32. The molecule has 1 spiro atoms. The van der Waals surface area contributed by atoms with E-state index in [9.17, 15) is 13.2 Å². The van der Waals surface area contributed by atoms with Gasteiger partial charge in [0.25, 0.3) is 5.91 Å². The zero-order valence-corrected chi connectivity index (χ0v) is 15.5. The van der Waals surface area contributed by atoms with Crippen LogP contribution in [0.2, 0.25) is 0 Å². The molecule has 1 N–H and O–H groups in total. The minimum absolute atomic E-state index is 0.0592. The molecule has 0 bridgehead atoms. The van der Waals surface area contributed by atoms with Crippen LogP contribution in [0, 0.1) is 6.92 Å². The maximum Gasteiger partial charge on any atom is 0.252 e. The molecule has 2 aliphatic rings. The number of sulfone groups is 1. The summed E-state index contributed by atoms with van der Waals surface area (Å²) in [5, 5.41) is 3.91. The van der Waals surface area contributed by atoms with Gasteiger partial charge >= 0.3 is 0 Å². The maximum absolute atomic E-state index is 12.9. The third kappa shape index (κ3) is 3.33. The molecule has 7 heteroatoms. The van der Waals surface area contributed by atoms with Crippen molar-refractivity contribution >= 4 is 26.6 Å². The number of nitrogens with zero attached hydrogens (tertiary/aromatic N) is 1. The lowest BCUT2D eigenvalue weighted by Crippen LogP contribution is -2.49. The number of ether oxygens (including phenoxy) is 1. The highest BCUT2D eigenvalue weighted by Gasteiger charge is 2.46. The average Bonchev–Trinajstić information content (AvgIpc) is 2.88. The van der Waals surface area contributed by atoms with E-state index in [-0.39, 0.29) is 23.5 Å². The highest BCUT2D eigenvalue weighted by molar-refractivity contribution is 7.91. The number of carbonyl (C=O) groups is 1. The Morgan fingerprint density at radius 1 is 1.35 bits per heavy atom. The number of nitrogens with one attached hydrogen (secondary N) is 1. The molecule has 0 saturated carbocycles. The van der Waals surface area contributed by atoms with Crippen LogP contribution in [0.15, 0.2) is 30.3 Å². The normalized spacial score (nSPS) is 27.7. The fraction of sp³-hybridized carbons (Fsp3) is 0.474. The highest BCUT2D eigenvalue weighted by atomic mass is 32.2. The van der Waals surface area contributed by atoms with Crippen LogP contribution in [0.3, 0.4) is 0 Å². The van der Waals surface area contributed by atoms with Crippen molar-refractivity contribution < 1.29 is 17.9 Å². The number of benzene rings is 1. The molecule has 1 amide bonds. The topological polar surface area (TPSA) is 85.4 Å². The summed E-state index contributed by atoms with van der Waals surface area (Å²) in [5.74, 6) is 0.0838. The van der Waals surface area contributed by atoms with Crippen molar-refractivity contribution in [1.29, 1.82) is 0 Å². The first-order valence-electron chi connectivity index (χ1n) is 8.88. The summed E-state index contributed by atoms with van der Waals surface area (Å²) in [6.45, 7) is 2.34. The highest BCUT2D eigenvalue weighted by Crippen LogP contribution is 2.35. The molecule has 26 heavy (non-hydrogen) atoms. The van der Waals surface area contributed by atoms with E-state index in [1.807, 2.05) is 31.2 Å². The molecule has 0 radical (unpaired) electrons. The molecule has 2 aromatic rings. The fourth-order valence-electron chi connectivity index (χ4n) is 4.07. The molecule has 138 valence electrons. The van der Waals surface area contributed by atoms with Crippen LogP contribution >= 0.6 is 0 Å². The lowest BCUT2D eigenvalue weighted by atomic mass is 9.89. The summed E-state index contributed by atoms with van der Waals surface area (Å²) in [5.41, 5.74) is 1.56. The molecule has 2 atom stereocenters. The average molecular weight is 374 g/mol. The van der Waals surface area contributed by atoms with E-state index >= 15 is 0 Å². The lowest BCUT2D eigenvalue weighted by Gasteiger charge is -2.37. The Morgan fingerprint density at radius 2 is 2.15 bits per heavy atom. The van der Waals surface area contributed by atoms with Gasteiger partial charge in [-0.25, -0.2) is 8.42 Å². The van der Waals surface area contributed by atoms with Gasteiger partial charge in [-0.15, -0.1) is 0 Å². The zero-order valence-electron chi connectivity index (χ0n) is 14.7. The summed E-state index contributed by atoms with van der Waals surface area (Å²) < 4.78 is 29.6. The quantitative estimate of drug-likeness (QED) is 0.869. The number of amides is 1. The van der Waals surface area contributed by atoms with Crippen molar-refractivity contribution in [3.63, 3.8) is 0 Å². The van der Waals surface area contributed by atoms with Crippen LogP contribution in [0.5, 0.6) is 0 Å². The second-order valence-electron chi connectivity index (χ2n) is 7.37. The second-order valence-corrected chi connectivity index (χ2v) is 9.55. The van der Waals surface area contributed by atoms with Gasteiger partial charge < -0.3 is 10.1 Å². The van der Waals surface area contributed by atoms with E-state index in [1.165, 1.54) is 0 Å². The molecule has 2 aliphatic heterocycles. The number of hydrogen-bond donors (Lipinski definition) is 1. The van der Waals surface area contributed by atoms with Crippen LogP contribution in [0.4, 0.5) is 0 Å². The molecule has 0 aliphatic carbocycles. The number of aryl methyl sites for hydroxylation is 1. The third-order valence-electron chi connectivity index (χ3n) is 5.27. The van der Waals surface area contributed by atoms with E-state index in [4.69, 9.17) is 4.74 Å². The molecule has 2 fully saturated rings. The first-order valence-corrected chi connectivity index (χ1v) is 10.7. The monoisotopic (exact) mass is 374 g/mol. The van der Waals surface area contributed by atoms with Crippen LogP contribution in [0.1, 0.15) is 35.3 Å². The van der Waals surface area contributed by atoms with Gasteiger partial charge in [-0.2, -0.15) is 0 Å². The third-order valence-corrected chi connectivity index (χ3v) is 7.06. The van der Waals surface area contributed by atoms with Crippen molar-refractivity contribution in [1.82, 2.24) is 10.3 Å². The number of para-hydroxylation sites is 1. The Bertz CT molecular complexity index is 973. The number of fused-ring (bicyclic) bond motifs is 1. The van der Waals surface area contributed by atoms with Gasteiger partial charge in [0.1, 0.15) is 0 Å². The first-order chi connectivity index (χ1) is 12.4. The van der Waals surface area contributed by atoms with Crippen molar-refractivity contribution in [2.45, 2.75) is 37.8 Å². The van der Waals surface area contributed by atoms with Gasteiger partial charge in [-0.1, -0.05) is 18.2 Å². The lowest BCUT2D eigenvalue weighted by molar-refractivity contribution is -0.0690. The van der Waals surface area contributed by atoms with Gasteiger partial charge in [0.2, 0.25) is 0 Å². The predicted octanol–water partition coefficient (Wildman–Crippen LogP) is 2.01. The molecular formula is C19H22N2O4S. The Balaban J connectivity index is 1.55. The Morgan fingerprint density at radius 3 is 2.92 bits per heavy atom. The van der Waals surface area contributed by atoms with E-state index in [0.29, 0.717) is 31.4 Å². The molecule has 4 rings (SSSR count). The van der Waals surface area contributed by atoms with E-state index in [1.54, 1.807) is 6.07 Å². The van der Waals surface area contributed by atoms with Crippen LogP contribution < -0.4 is 5.32 Å². The van der Waals surface area contributed by atoms with Gasteiger partial charge in [0, 0.05) is 23.7 Å². The van der Waals surface area contributed by atoms with Crippen molar-refractivity contribution in [2.75, 3.05) is 18.1 Å².